The number of ketones is 1. The van der Waals surface area contributed by atoms with Crippen molar-refractivity contribution < 1.29 is 24.2 Å². The van der Waals surface area contributed by atoms with Gasteiger partial charge in [0.1, 0.15) is 6.10 Å². The Morgan fingerprint density at radius 1 is 1.24 bits per heavy atom. The maximum atomic E-state index is 13.5. The highest BCUT2D eigenvalue weighted by atomic mass is 79.9. The lowest BCUT2D eigenvalue weighted by Gasteiger charge is -2.39. The maximum Gasteiger partial charge on any atom is 0.337 e. The quantitative estimate of drug-likeness (QED) is 0.491. The average Bonchev–Trinajstić information content (AvgIpc) is 3.22. The molecule has 0 amide bonds. The first-order valence-corrected chi connectivity index (χ1v) is 12.5. The van der Waals surface area contributed by atoms with E-state index in [1.165, 1.54) is 0 Å². The molecular formula is C26H32BrNO5. The molecule has 1 heterocycles. The minimum atomic E-state index is -0.588. The van der Waals surface area contributed by atoms with E-state index in [1.54, 1.807) is 12.1 Å². The number of dihydropyridines is 1. The van der Waals surface area contributed by atoms with Crippen LogP contribution in [0, 0.1) is 5.41 Å². The molecule has 178 valence electrons. The number of phenolic OH excluding ortho intramolecular Hbond substituents is 1. The first kappa shape index (κ1) is 23.9. The first-order chi connectivity index (χ1) is 15.6. The fourth-order valence-corrected chi connectivity index (χ4v) is 5.75. The van der Waals surface area contributed by atoms with Crippen LogP contribution in [0.4, 0.5) is 0 Å². The molecule has 2 aliphatic carbocycles. The lowest BCUT2D eigenvalue weighted by atomic mass is 9.68. The molecule has 2 N–H and O–H groups in total. The summed E-state index contributed by atoms with van der Waals surface area (Å²) < 4.78 is 12.0. The fraction of sp³-hybridized carbons (Fsp3) is 0.538. The van der Waals surface area contributed by atoms with Gasteiger partial charge in [0.15, 0.2) is 17.3 Å². The zero-order valence-corrected chi connectivity index (χ0v) is 21.3. The highest BCUT2D eigenvalue weighted by Crippen LogP contribution is 2.49. The van der Waals surface area contributed by atoms with Crippen molar-refractivity contribution in [2.75, 3.05) is 6.61 Å². The van der Waals surface area contributed by atoms with Gasteiger partial charge in [-0.05, 0) is 85.0 Å². The second-order valence-corrected chi connectivity index (χ2v) is 10.9. The van der Waals surface area contributed by atoms with Crippen molar-refractivity contribution >= 4 is 27.7 Å². The van der Waals surface area contributed by atoms with E-state index in [0.717, 1.165) is 31.4 Å². The summed E-state index contributed by atoms with van der Waals surface area (Å²) in [6.07, 6.45) is 4.90. The number of aromatic hydroxyl groups is 1. The fourth-order valence-electron chi connectivity index (χ4n) is 5.29. The van der Waals surface area contributed by atoms with Gasteiger partial charge in [-0.2, -0.15) is 0 Å². The Kier molecular flexibility index (Phi) is 6.63. The molecule has 1 saturated carbocycles. The summed E-state index contributed by atoms with van der Waals surface area (Å²) in [5.74, 6) is -0.638. The summed E-state index contributed by atoms with van der Waals surface area (Å²) in [6, 6.07) is 3.50. The van der Waals surface area contributed by atoms with Crippen LogP contribution in [-0.4, -0.2) is 29.6 Å². The third kappa shape index (κ3) is 4.70. The van der Waals surface area contributed by atoms with E-state index in [2.05, 4.69) is 35.1 Å². The Labute approximate surface area is 203 Å². The number of hydrogen-bond donors (Lipinski definition) is 2. The number of nitrogens with one attached hydrogen (secondary N) is 1. The Morgan fingerprint density at radius 3 is 2.61 bits per heavy atom. The van der Waals surface area contributed by atoms with Gasteiger partial charge >= 0.3 is 5.97 Å². The molecule has 3 aliphatic rings. The summed E-state index contributed by atoms with van der Waals surface area (Å²) in [7, 11) is 0. The van der Waals surface area contributed by atoms with Crippen molar-refractivity contribution in [2.45, 2.75) is 78.2 Å². The molecule has 1 aromatic carbocycles. The molecule has 4 rings (SSSR count). The van der Waals surface area contributed by atoms with Gasteiger partial charge in [0, 0.05) is 29.3 Å². The van der Waals surface area contributed by atoms with E-state index in [0.29, 0.717) is 52.1 Å². The van der Waals surface area contributed by atoms with Crippen LogP contribution in [0.5, 0.6) is 11.5 Å². The van der Waals surface area contributed by atoms with Crippen molar-refractivity contribution in [2.24, 2.45) is 5.41 Å². The summed E-state index contributed by atoms with van der Waals surface area (Å²) >= 11 is 3.42. The number of hydrogen-bond acceptors (Lipinski definition) is 6. The van der Waals surface area contributed by atoms with E-state index in [1.807, 2.05) is 13.8 Å². The monoisotopic (exact) mass is 517 g/mol. The summed E-state index contributed by atoms with van der Waals surface area (Å²) in [6.45, 7) is 8.25. The third-order valence-electron chi connectivity index (χ3n) is 6.72. The number of allylic oxidation sites excluding steroid dienone is 3. The molecule has 1 aromatic rings. The third-order valence-corrected chi connectivity index (χ3v) is 7.32. The Hall–Kier alpha value is -2.28. The van der Waals surface area contributed by atoms with Crippen molar-refractivity contribution in [1.82, 2.24) is 5.32 Å². The van der Waals surface area contributed by atoms with E-state index < -0.39 is 5.92 Å². The summed E-state index contributed by atoms with van der Waals surface area (Å²) in [5.41, 5.74) is 3.17. The number of halogens is 1. The zero-order valence-electron chi connectivity index (χ0n) is 19.7. The van der Waals surface area contributed by atoms with Crippen molar-refractivity contribution in [1.29, 1.82) is 0 Å². The van der Waals surface area contributed by atoms with Gasteiger partial charge in [-0.1, -0.05) is 13.8 Å². The lowest BCUT2D eigenvalue weighted by molar-refractivity contribution is -0.144. The number of Topliss-reactive ketones (excluding diaryl/α,β-unsaturated/α-hetero) is 1. The molecule has 1 atom stereocenters. The molecule has 0 bridgehead atoms. The molecule has 7 heteroatoms. The predicted octanol–water partition coefficient (Wildman–Crippen LogP) is 5.64. The van der Waals surface area contributed by atoms with Crippen molar-refractivity contribution in [3.63, 3.8) is 0 Å². The normalized spacial score (nSPS) is 22.8. The van der Waals surface area contributed by atoms with E-state index in [-0.39, 0.29) is 29.0 Å². The summed E-state index contributed by atoms with van der Waals surface area (Å²) in [4.78, 5) is 26.9. The lowest BCUT2D eigenvalue weighted by Crippen LogP contribution is -2.39. The van der Waals surface area contributed by atoms with E-state index in [4.69, 9.17) is 9.47 Å². The van der Waals surface area contributed by atoms with Crippen LogP contribution in [0.3, 0.4) is 0 Å². The van der Waals surface area contributed by atoms with Crippen LogP contribution in [0.1, 0.15) is 77.7 Å². The minimum absolute atomic E-state index is 0.00405. The van der Waals surface area contributed by atoms with Gasteiger partial charge in [0.25, 0.3) is 0 Å². The van der Waals surface area contributed by atoms with E-state index in [9.17, 15) is 14.7 Å². The number of ether oxygens (including phenoxy) is 2. The number of benzene rings is 1. The molecule has 1 aliphatic heterocycles. The van der Waals surface area contributed by atoms with Gasteiger partial charge in [-0.15, -0.1) is 0 Å². The molecule has 33 heavy (non-hydrogen) atoms. The number of carbonyl (C=O) groups is 2. The van der Waals surface area contributed by atoms with E-state index >= 15 is 0 Å². The van der Waals surface area contributed by atoms with Gasteiger partial charge in [-0.3, -0.25) is 4.79 Å². The highest BCUT2D eigenvalue weighted by molar-refractivity contribution is 9.10. The van der Waals surface area contributed by atoms with Gasteiger partial charge in [0.2, 0.25) is 0 Å². The van der Waals surface area contributed by atoms with Crippen molar-refractivity contribution in [3.8, 4) is 11.5 Å². The zero-order chi connectivity index (χ0) is 23.9. The molecule has 0 aromatic heterocycles. The van der Waals surface area contributed by atoms with Crippen LogP contribution < -0.4 is 10.1 Å². The minimum Gasteiger partial charge on any atom is -0.503 e. The Morgan fingerprint density at radius 2 is 1.94 bits per heavy atom. The number of carbonyl (C=O) groups excluding carboxylic acids is 2. The molecule has 0 saturated heterocycles. The number of rotatable bonds is 5. The Bertz CT molecular complexity index is 1050. The second-order valence-electron chi connectivity index (χ2n) is 10.0. The van der Waals surface area contributed by atoms with Crippen molar-refractivity contribution in [3.05, 3.63) is 44.7 Å². The SMILES string of the molecule is CCOc1cc([C@@H]2C(C(=O)OC3CCCC3)=C(C)NC3=C2C(=O)CC(C)(C)C3)cc(Br)c1O. The van der Waals surface area contributed by atoms with Crippen LogP contribution in [-0.2, 0) is 14.3 Å². The topological polar surface area (TPSA) is 84.9 Å². The predicted molar refractivity (Wildman–Crippen MR) is 129 cm³/mol. The number of phenols is 1. The largest absolute Gasteiger partial charge is 0.503 e. The standard InChI is InChI=1S/C26H32BrNO5/c1-5-32-20-11-15(10-17(27)24(20)30)22-21(25(31)33-16-8-6-7-9-16)14(2)28-18-12-26(3,4)13-19(29)23(18)22/h10-11,16,22,28,30H,5-9,12-13H2,1-4H3/t22-/m1/s1. The van der Waals surface area contributed by atoms with Crippen LogP contribution in [0.2, 0.25) is 0 Å². The average molecular weight is 518 g/mol. The van der Waals surface area contributed by atoms with Crippen LogP contribution >= 0.6 is 15.9 Å². The molecule has 1 fully saturated rings. The molecule has 0 radical (unpaired) electrons. The van der Waals surface area contributed by atoms with Crippen LogP contribution in [0.15, 0.2) is 39.1 Å². The van der Waals surface area contributed by atoms with Crippen LogP contribution in [0.25, 0.3) is 0 Å². The van der Waals surface area contributed by atoms with Gasteiger partial charge < -0.3 is 19.9 Å². The highest BCUT2D eigenvalue weighted by Gasteiger charge is 2.44. The first-order valence-electron chi connectivity index (χ1n) is 11.7. The second kappa shape index (κ2) is 9.16. The number of esters is 1. The molecule has 0 unspecified atom stereocenters. The van der Waals surface area contributed by atoms with Gasteiger partial charge in [-0.25, -0.2) is 4.79 Å². The summed E-state index contributed by atoms with van der Waals surface area (Å²) in [5, 5.41) is 13.8. The Balaban J connectivity index is 1.84. The smallest absolute Gasteiger partial charge is 0.337 e. The molecular weight excluding hydrogens is 486 g/mol. The van der Waals surface area contributed by atoms with Gasteiger partial charge in [0.05, 0.1) is 16.7 Å². The molecule has 0 spiro atoms. The molecule has 6 nitrogen and oxygen atoms in total. The maximum absolute atomic E-state index is 13.5.